The van der Waals surface area contributed by atoms with Crippen molar-refractivity contribution in [1.82, 2.24) is 4.90 Å². The molecule has 1 aliphatic heterocycles. The molecule has 0 bridgehead atoms. The maximum Gasteiger partial charge on any atom is 0.293 e. The molecule has 0 saturated carbocycles. The van der Waals surface area contributed by atoms with Gasteiger partial charge in [-0.25, -0.2) is 0 Å². The van der Waals surface area contributed by atoms with Crippen LogP contribution in [-0.2, 0) is 9.59 Å². The molecule has 1 saturated heterocycles. The second-order valence-electron chi connectivity index (χ2n) is 10.2. The lowest BCUT2D eigenvalue weighted by atomic mass is 10.0. The fourth-order valence-electron chi connectivity index (χ4n) is 4.38. The molecule has 9 heteroatoms. The fourth-order valence-corrected chi connectivity index (χ4v) is 5.24. The van der Waals surface area contributed by atoms with Gasteiger partial charge in [-0.15, -0.1) is 0 Å². The Kier molecular flexibility index (Phi) is 10.3. The highest BCUT2D eigenvalue weighted by atomic mass is 32.2. The van der Waals surface area contributed by atoms with E-state index in [0.717, 1.165) is 39.9 Å². The van der Waals surface area contributed by atoms with Crippen LogP contribution in [0.3, 0.4) is 0 Å². The van der Waals surface area contributed by atoms with E-state index in [1.165, 1.54) is 4.90 Å². The molecule has 0 unspecified atom stereocenters. The second kappa shape index (κ2) is 14.1. The summed E-state index contributed by atoms with van der Waals surface area (Å²) in [5.41, 5.74) is 4.50. The van der Waals surface area contributed by atoms with Gasteiger partial charge < -0.3 is 19.5 Å². The number of benzene rings is 3. The summed E-state index contributed by atoms with van der Waals surface area (Å²) in [6.07, 6.45) is 1.65. The molecule has 220 valence electrons. The Morgan fingerprint density at radius 1 is 0.952 bits per heavy atom. The van der Waals surface area contributed by atoms with E-state index < -0.39 is 0 Å². The molecule has 0 aromatic heterocycles. The van der Waals surface area contributed by atoms with E-state index >= 15 is 0 Å². The number of aryl methyl sites for hydroxylation is 2. The summed E-state index contributed by atoms with van der Waals surface area (Å²) in [4.78, 5) is 39.7. The molecule has 1 fully saturated rings. The van der Waals surface area contributed by atoms with E-state index in [9.17, 15) is 14.4 Å². The standard InChI is InChI=1S/C33H36N2O6S/c1-6-39-29-18-24(12-14-27(29)41-20-31(36)34-26-10-8-7-9-23(26)5)19-30-32(37)35(33(38)42-30)15-16-40-28-17-22(4)11-13-25(28)21(2)3/h7-14,17-19,21H,6,15-16,20H2,1-5H3,(H,34,36)/b30-19-. The maximum absolute atomic E-state index is 13.1. The zero-order chi connectivity index (χ0) is 30.2. The van der Waals surface area contributed by atoms with E-state index in [-0.39, 0.29) is 42.7 Å². The molecule has 8 nitrogen and oxygen atoms in total. The Morgan fingerprint density at radius 3 is 2.48 bits per heavy atom. The van der Waals surface area contributed by atoms with Crippen LogP contribution in [0.15, 0.2) is 65.6 Å². The number of rotatable bonds is 12. The molecular formula is C33H36N2O6S. The first-order valence-corrected chi connectivity index (χ1v) is 14.7. The van der Waals surface area contributed by atoms with E-state index in [4.69, 9.17) is 14.2 Å². The predicted octanol–water partition coefficient (Wildman–Crippen LogP) is 6.96. The summed E-state index contributed by atoms with van der Waals surface area (Å²) in [7, 11) is 0. The first-order valence-electron chi connectivity index (χ1n) is 13.9. The first-order chi connectivity index (χ1) is 20.2. The summed E-state index contributed by atoms with van der Waals surface area (Å²) in [6, 6.07) is 18.7. The maximum atomic E-state index is 13.1. The zero-order valence-electron chi connectivity index (χ0n) is 24.6. The van der Waals surface area contributed by atoms with Crippen molar-refractivity contribution in [2.45, 2.75) is 40.5 Å². The number of nitrogens with one attached hydrogen (secondary N) is 1. The highest BCUT2D eigenvalue weighted by molar-refractivity contribution is 8.18. The molecule has 0 aliphatic carbocycles. The van der Waals surface area contributed by atoms with Crippen molar-refractivity contribution < 1.29 is 28.6 Å². The average molecular weight is 589 g/mol. The van der Waals surface area contributed by atoms with Crippen LogP contribution < -0.4 is 19.5 Å². The fraction of sp³-hybridized carbons (Fsp3) is 0.303. The molecule has 0 atom stereocenters. The Hall–Kier alpha value is -4.24. The third-order valence-corrected chi connectivity index (χ3v) is 7.49. The minimum absolute atomic E-state index is 0.148. The van der Waals surface area contributed by atoms with E-state index in [1.54, 1.807) is 24.3 Å². The minimum Gasteiger partial charge on any atom is -0.491 e. The molecule has 0 spiro atoms. The monoisotopic (exact) mass is 588 g/mol. The lowest BCUT2D eigenvalue weighted by molar-refractivity contribution is -0.123. The number of para-hydroxylation sites is 1. The van der Waals surface area contributed by atoms with Crippen LogP contribution in [-0.4, -0.2) is 48.3 Å². The Labute approximate surface area is 251 Å². The number of imide groups is 1. The van der Waals surface area contributed by atoms with Crippen molar-refractivity contribution in [3.8, 4) is 17.2 Å². The number of anilines is 1. The van der Waals surface area contributed by atoms with Crippen LogP contribution in [0.4, 0.5) is 10.5 Å². The third kappa shape index (κ3) is 7.73. The quantitative estimate of drug-likeness (QED) is 0.229. The van der Waals surface area contributed by atoms with Crippen molar-refractivity contribution in [2.24, 2.45) is 0 Å². The van der Waals surface area contributed by atoms with Crippen molar-refractivity contribution in [2.75, 3.05) is 31.7 Å². The number of thioether (sulfide) groups is 1. The van der Waals surface area contributed by atoms with Crippen LogP contribution in [0.2, 0.25) is 0 Å². The molecule has 4 rings (SSSR count). The first kappa shape index (κ1) is 30.7. The number of amides is 3. The summed E-state index contributed by atoms with van der Waals surface area (Å²) in [5, 5.41) is 2.50. The van der Waals surface area contributed by atoms with Gasteiger partial charge in [0.2, 0.25) is 0 Å². The van der Waals surface area contributed by atoms with Gasteiger partial charge >= 0.3 is 0 Å². The Bertz CT molecular complexity index is 1500. The molecule has 1 aliphatic rings. The molecule has 0 radical (unpaired) electrons. The molecule has 1 heterocycles. The predicted molar refractivity (Wildman–Crippen MR) is 166 cm³/mol. The van der Waals surface area contributed by atoms with Gasteiger partial charge in [0.05, 0.1) is 18.1 Å². The Balaban J connectivity index is 1.39. The van der Waals surface area contributed by atoms with Gasteiger partial charge in [0.1, 0.15) is 12.4 Å². The van der Waals surface area contributed by atoms with E-state index in [0.29, 0.717) is 28.6 Å². The minimum atomic E-state index is -0.368. The number of carbonyl (C=O) groups excluding carboxylic acids is 3. The topological polar surface area (TPSA) is 94.2 Å². The number of nitrogens with zero attached hydrogens (tertiary/aromatic N) is 1. The van der Waals surface area contributed by atoms with Crippen LogP contribution in [0, 0.1) is 13.8 Å². The molecule has 3 amide bonds. The van der Waals surface area contributed by atoms with Gasteiger partial charge in [-0.3, -0.25) is 19.3 Å². The van der Waals surface area contributed by atoms with Gasteiger partial charge in [-0.05, 0) is 91.0 Å². The highest BCUT2D eigenvalue weighted by Crippen LogP contribution is 2.35. The molecule has 3 aromatic rings. The van der Waals surface area contributed by atoms with Crippen molar-refractivity contribution >= 4 is 40.6 Å². The third-order valence-electron chi connectivity index (χ3n) is 6.58. The molecule has 3 aromatic carbocycles. The molecule has 42 heavy (non-hydrogen) atoms. The van der Waals surface area contributed by atoms with Gasteiger partial charge in [0, 0.05) is 5.69 Å². The summed E-state index contributed by atoms with van der Waals surface area (Å²) < 4.78 is 17.5. The molecular weight excluding hydrogens is 552 g/mol. The number of carbonyl (C=O) groups is 3. The zero-order valence-corrected chi connectivity index (χ0v) is 25.4. The van der Waals surface area contributed by atoms with Crippen molar-refractivity contribution in [3.05, 3.63) is 87.8 Å². The lowest BCUT2D eigenvalue weighted by Gasteiger charge is -2.17. The Morgan fingerprint density at radius 2 is 1.74 bits per heavy atom. The molecule has 1 N–H and O–H groups in total. The summed E-state index contributed by atoms with van der Waals surface area (Å²) in [5.74, 6) is 1.22. The van der Waals surface area contributed by atoms with E-state index in [2.05, 4.69) is 19.2 Å². The normalized spacial score (nSPS) is 14.0. The van der Waals surface area contributed by atoms with Gasteiger partial charge in [-0.1, -0.05) is 50.2 Å². The van der Waals surface area contributed by atoms with Gasteiger partial charge in [-0.2, -0.15) is 0 Å². The summed E-state index contributed by atoms with van der Waals surface area (Å²) >= 11 is 0.891. The number of hydrogen-bond donors (Lipinski definition) is 1. The van der Waals surface area contributed by atoms with Crippen LogP contribution in [0.5, 0.6) is 17.2 Å². The second-order valence-corrected chi connectivity index (χ2v) is 11.2. The lowest BCUT2D eigenvalue weighted by Crippen LogP contribution is -2.32. The summed E-state index contributed by atoms with van der Waals surface area (Å²) in [6.45, 7) is 10.5. The van der Waals surface area contributed by atoms with Gasteiger partial charge in [0.15, 0.2) is 18.1 Å². The van der Waals surface area contributed by atoms with Gasteiger partial charge in [0.25, 0.3) is 17.1 Å². The van der Waals surface area contributed by atoms with E-state index in [1.807, 2.05) is 63.2 Å². The van der Waals surface area contributed by atoms with Crippen LogP contribution in [0.1, 0.15) is 48.9 Å². The highest BCUT2D eigenvalue weighted by Gasteiger charge is 2.35. The van der Waals surface area contributed by atoms with Crippen LogP contribution >= 0.6 is 11.8 Å². The average Bonchev–Trinajstić information content (AvgIpc) is 3.21. The van der Waals surface area contributed by atoms with Crippen molar-refractivity contribution in [3.63, 3.8) is 0 Å². The number of ether oxygens (including phenoxy) is 3. The largest absolute Gasteiger partial charge is 0.491 e. The SMILES string of the molecule is CCOc1cc(/C=C2\SC(=O)N(CCOc3cc(C)ccc3C(C)C)C2=O)ccc1OCC(=O)Nc1ccccc1C. The van der Waals surface area contributed by atoms with Crippen molar-refractivity contribution in [1.29, 1.82) is 0 Å². The van der Waals surface area contributed by atoms with Crippen LogP contribution in [0.25, 0.3) is 6.08 Å². The smallest absolute Gasteiger partial charge is 0.293 e. The number of hydrogen-bond acceptors (Lipinski definition) is 7.